The molecule has 0 bridgehead atoms. The average molecular weight is 386 g/mol. The number of benzene rings is 1. The van der Waals surface area contributed by atoms with Gasteiger partial charge in [0.25, 0.3) is 0 Å². The van der Waals surface area contributed by atoms with Crippen molar-refractivity contribution in [2.24, 2.45) is 5.92 Å². The van der Waals surface area contributed by atoms with Crippen molar-refractivity contribution in [2.45, 2.75) is 39.0 Å². The largest absolute Gasteiger partial charge is 0.356 e. The van der Waals surface area contributed by atoms with Crippen molar-refractivity contribution >= 4 is 29.1 Å². The monoisotopic (exact) mass is 386 g/mol. The SMILES string of the molecule is CCCNC(=O)C1CCN(CC(=O)Nc2cccc(N3CCCC3=O)c2)CC1. The number of carbonyl (C=O) groups excluding carboxylic acids is 3. The van der Waals surface area contributed by atoms with Crippen LogP contribution in [0.15, 0.2) is 24.3 Å². The molecule has 2 aliphatic heterocycles. The number of likely N-dealkylation sites (tertiary alicyclic amines) is 1. The average Bonchev–Trinajstić information content (AvgIpc) is 3.12. The fourth-order valence-corrected chi connectivity index (χ4v) is 3.82. The van der Waals surface area contributed by atoms with Crippen molar-refractivity contribution in [2.75, 3.05) is 42.9 Å². The molecule has 2 heterocycles. The van der Waals surface area contributed by atoms with Crippen molar-refractivity contribution in [3.63, 3.8) is 0 Å². The summed E-state index contributed by atoms with van der Waals surface area (Å²) in [5.74, 6) is 0.257. The number of hydrogen-bond donors (Lipinski definition) is 2. The first kappa shape index (κ1) is 20.3. The lowest BCUT2D eigenvalue weighted by Crippen LogP contribution is -2.43. The molecule has 0 atom stereocenters. The van der Waals surface area contributed by atoms with Gasteiger partial charge in [0.05, 0.1) is 6.54 Å². The van der Waals surface area contributed by atoms with E-state index in [4.69, 9.17) is 0 Å². The van der Waals surface area contributed by atoms with Crippen LogP contribution < -0.4 is 15.5 Å². The van der Waals surface area contributed by atoms with Gasteiger partial charge in [-0.2, -0.15) is 0 Å². The van der Waals surface area contributed by atoms with E-state index in [1.54, 1.807) is 4.90 Å². The Bertz CT molecular complexity index is 713. The van der Waals surface area contributed by atoms with E-state index in [0.717, 1.165) is 57.5 Å². The maximum absolute atomic E-state index is 12.4. The quantitative estimate of drug-likeness (QED) is 0.751. The molecular formula is C21H30N4O3. The maximum Gasteiger partial charge on any atom is 0.238 e. The Morgan fingerprint density at radius 3 is 2.64 bits per heavy atom. The molecule has 0 saturated carbocycles. The molecule has 0 aliphatic carbocycles. The van der Waals surface area contributed by atoms with Crippen LogP contribution in [0.2, 0.25) is 0 Å². The van der Waals surface area contributed by atoms with Crippen molar-refractivity contribution in [3.05, 3.63) is 24.3 Å². The van der Waals surface area contributed by atoms with Crippen LogP contribution in [0.3, 0.4) is 0 Å². The summed E-state index contributed by atoms with van der Waals surface area (Å²) in [5, 5.41) is 5.89. The highest BCUT2D eigenvalue weighted by Crippen LogP contribution is 2.24. The second-order valence-electron chi connectivity index (χ2n) is 7.59. The third-order valence-corrected chi connectivity index (χ3v) is 5.39. The van der Waals surface area contributed by atoms with Crippen LogP contribution in [0.25, 0.3) is 0 Å². The predicted molar refractivity (Wildman–Crippen MR) is 109 cm³/mol. The molecule has 2 aliphatic rings. The van der Waals surface area contributed by atoms with Gasteiger partial charge in [-0.05, 0) is 57.0 Å². The summed E-state index contributed by atoms with van der Waals surface area (Å²) in [7, 11) is 0. The molecule has 1 aromatic rings. The third kappa shape index (κ3) is 5.32. The Balaban J connectivity index is 1.46. The normalized spacial score (nSPS) is 18.3. The van der Waals surface area contributed by atoms with Crippen LogP contribution >= 0.6 is 0 Å². The Hall–Kier alpha value is -2.41. The molecule has 2 saturated heterocycles. The standard InChI is InChI=1S/C21H30N4O3/c1-2-10-22-21(28)16-8-12-24(13-9-16)15-19(26)23-17-5-3-6-18(14-17)25-11-4-7-20(25)27/h3,5-6,14,16H,2,4,7-13,15H2,1H3,(H,22,28)(H,23,26). The van der Waals surface area contributed by atoms with Crippen molar-refractivity contribution < 1.29 is 14.4 Å². The number of piperidine rings is 1. The van der Waals surface area contributed by atoms with Gasteiger partial charge in [-0.1, -0.05) is 13.0 Å². The van der Waals surface area contributed by atoms with Crippen LogP contribution in [0.5, 0.6) is 0 Å². The van der Waals surface area contributed by atoms with E-state index in [0.29, 0.717) is 18.7 Å². The van der Waals surface area contributed by atoms with E-state index < -0.39 is 0 Å². The second kappa shape index (κ2) is 9.68. The molecule has 152 valence electrons. The molecule has 7 heteroatoms. The summed E-state index contributed by atoms with van der Waals surface area (Å²) < 4.78 is 0. The number of rotatable bonds is 7. The zero-order valence-electron chi connectivity index (χ0n) is 16.6. The number of hydrogen-bond acceptors (Lipinski definition) is 4. The number of amides is 3. The summed E-state index contributed by atoms with van der Waals surface area (Å²) in [5.41, 5.74) is 1.54. The number of anilines is 2. The molecule has 0 spiro atoms. The van der Waals surface area contributed by atoms with Crippen LogP contribution in [0, 0.1) is 5.92 Å². The van der Waals surface area contributed by atoms with Gasteiger partial charge in [-0.3, -0.25) is 19.3 Å². The molecule has 1 aromatic carbocycles. The Labute approximate surface area is 166 Å². The van der Waals surface area contributed by atoms with Gasteiger partial charge in [0.1, 0.15) is 0 Å². The Morgan fingerprint density at radius 2 is 1.96 bits per heavy atom. The van der Waals surface area contributed by atoms with E-state index in [1.165, 1.54) is 0 Å². The molecule has 2 N–H and O–H groups in total. The predicted octanol–water partition coefficient (Wildman–Crippen LogP) is 1.99. The molecule has 7 nitrogen and oxygen atoms in total. The van der Waals surface area contributed by atoms with Crippen molar-refractivity contribution in [1.29, 1.82) is 0 Å². The van der Waals surface area contributed by atoms with Gasteiger partial charge in [-0.25, -0.2) is 0 Å². The Kier molecular flexibility index (Phi) is 7.03. The minimum absolute atomic E-state index is 0.0561. The van der Waals surface area contributed by atoms with Gasteiger partial charge in [0, 0.05) is 36.8 Å². The van der Waals surface area contributed by atoms with E-state index in [1.807, 2.05) is 31.2 Å². The van der Waals surface area contributed by atoms with Gasteiger partial charge < -0.3 is 15.5 Å². The summed E-state index contributed by atoms with van der Waals surface area (Å²) in [6, 6.07) is 7.45. The molecule has 3 rings (SSSR count). The van der Waals surface area contributed by atoms with Crippen LogP contribution in [0.4, 0.5) is 11.4 Å². The first-order chi connectivity index (χ1) is 13.6. The molecule has 0 unspecified atom stereocenters. The molecule has 3 amide bonds. The van der Waals surface area contributed by atoms with Gasteiger partial charge in [0.15, 0.2) is 0 Å². The van der Waals surface area contributed by atoms with Crippen LogP contribution in [-0.4, -0.2) is 55.3 Å². The second-order valence-corrected chi connectivity index (χ2v) is 7.59. The van der Waals surface area contributed by atoms with E-state index in [9.17, 15) is 14.4 Å². The van der Waals surface area contributed by atoms with E-state index in [-0.39, 0.29) is 23.6 Å². The van der Waals surface area contributed by atoms with Crippen LogP contribution in [-0.2, 0) is 14.4 Å². The molecular weight excluding hydrogens is 356 g/mol. The highest BCUT2D eigenvalue weighted by molar-refractivity contribution is 5.97. The van der Waals surface area contributed by atoms with Gasteiger partial charge in [-0.15, -0.1) is 0 Å². The molecule has 2 fully saturated rings. The van der Waals surface area contributed by atoms with E-state index >= 15 is 0 Å². The maximum atomic E-state index is 12.4. The van der Waals surface area contributed by atoms with E-state index in [2.05, 4.69) is 15.5 Å². The topological polar surface area (TPSA) is 81.8 Å². The smallest absolute Gasteiger partial charge is 0.238 e. The lowest BCUT2D eigenvalue weighted by molar-refractivity contribution is -0.126. The zero-order chi connectivity index (χ0) is 19.9. The number of carbonyl (C=O) groups is 3. The highest BCUT2D eigenvalue weighted by atomic mass is 16.2. The summed E-state index contributed by atoms with van der Waals surface area (Å²) in [6.07, 6.45) is 3.98. The summed E-state index contributed by atoms with van der Waals surface area (Å²) in [4.78, 5) is 40.2. The first-order valence-corrected chi connectivity index (χ1v) is 10.3. The summed E-state index contributed by atoms with van der Waals surface area (Å²) >= 11 is 0. The minimum Gasteiger partial charge on any atom is -0.356 e. The van der Waals surface area contributed by atoms with Crippen LogP contribution in [0.1, 0.15) is 39.0 Å². The summed E-state index contributed by atoms with van der Waals surface area (Å²) in [6.45, 7) is 5.32. The fourth-order valence-electron chi connectivity index (χ4n) is 3.82. The molecule has 0 aromatic heterocycles. The van der Waals surface area contributed by atoms with Gasteiger partial charge >= 0.3 is 0 Å². The lowest BCUT2D eigenvalue weighted by Gasteiger charge is -2.30. The van der Waals surface area contributed by atoms with Gasteiger partial charge in [0.2, 0.25) is 17.7 Å². The van der Waals surface area contributed by atoms with Crippen molar-refractivity contribution in [1.82, 2.24) is 10.2 Å². The molecule has 28 heavy (non-hydrogen) atoms. The molecule has 0 radical (unpaired) electrons. The third-order valence-electron chi connectivity index (χ3n) is 5.39. The van der Waals surface area contributed by atoms with Crippen molar-refractivity contribution in [3.8, 4) is 0 Å². The zero-order valence-corrected chi connectivity index (χ0v) is 16.6. The minimum atomic E-state index is -0.0706. The first-order valence-electron chi connectivity index (χ1n) is 10.3. The number of nitrogens with zero attached hydrogens (tertiary/aromatic N) is 2. The number of nitrogens with one attached hydrogen (secondary N) is 2. The fraction of sp³-hybridized carbons (Fsp3) is 0.571. The lowest BCUT2D eigenvalue weighted by atomic mass is 9.96. The highest BCUT2D eigenvalue weighted by Gasteiger charge is 2.26. The Morgan fingerprint density at radius 1 is 1.18 bits per heavy atom.